The van der Waals surface area contributed by atoms with Crippen molar-refractivity contribution in [2.24, 2.45) is 0 Å². The van der Waals surface area contributed by atoms with Crippen molar-refractivity contribution in [3.8, 4) is 0 Å². The summed E-state index contributed by atoms with van der Waals surface area (Å²) >= 11 is 0. The van der Waals surface area contributed by atoms with Gasteiger partial charge in [-0.05, 0) is 12.8 Å². The van der Waals surface area contributed by atoms with Crippen LogP contribution < -0.4 is 6.15 Å². The van der Waals surface area contributed by atoms with Gasteiger partial charge in [-0.25, -0.2) is 8.42 Å². The highest BCUT2D eigenvalue weighted by Crippen LogP contribution is 2.27. The predicted octanol–water partition coefficient (Wildman–Crippen LogP) is 4.96. The Hall–Kier alpha value is -0.480. The molecule has 22 heavy (non-hydrogen) atoms. The van der Waals surface area contributed by atoms with Crippen molar-refractivity contribution >= 4 is 10.1 Å². The van der Waals surface area contributed by atoms with Crippen molar-refractivity contribution in [3.63, 3.8) is 0 Å². The van der Waals surface area contributed by atoms with E-state index in [2.05, 4.69) is 0 Å². The molecule has 0 fully saturated rings. The molecule has 0 aromatic heterocycles. The van der Waals surface area contributed by atoms with Crippen LogP contribution in [-0.2, 0) is 10.1 Å². The highest BCUT2D eigenvalue weighted by Gasteiger charge is 2.36. The van der Waals surface area contributed by atoms with Gasteiger partial charge in [0.05, 0.1) is 0 Å². The Morgan fingerprint density at radius 2 is 1.00 bits per heavy atom. The van der Waals surface area contributed by atoms with E-state index in [1.807, 2.05) is 0 Å². The first kappa shape index (κ1) is 23.8. The molecule has 0 atom stereocenters. The Kier molecular flexibility index (Phi) is 11.2. The molecular weight excluding hydrogens is 333 g/mol. The van der Waals surface area contributed by atoms with Gasteiger partial charge in [0.1, 0.15) is 0 Å². The zero-order valence-corrected chi connectivity index (χ0v) is 13.4. The fraction of sp³-hybridized carbons (Fsp3) is 1.00. The monoisotopic (exact) mass is 357 g/mol. The van der Waals surface area contributed by atoms with Gasteiger partial charge in [-0.2, -0.15) is 22.0 Å². The summed E-state index contributed by atoms with van der Waals surface area (Å²) in [6.07, 6.45) is -2.35. The maximum absolute atomic E-state index is 12.7. The highest BCUT2D eigenvalue weighted by atomic mass is 32.2. The third-order valence-electron chi connectivity index (χ3n) is 3.04. The van der Waals surface area contributed by atoms with Crippen molar-refractivity contribution in [2.75, 3.05) is 0 Å². The predicted molar refractivity (Wildman–Crippen MR) is 72.9 cm³/mol. The van der Waals surface area contributed by atoms with Crippen LogP contribution in [0.1, 0.15) is 64.2 Å². The molecule has 0 bridgehead atoms. The van der Waals surface area contributed by atoms with Crippen molar-refractivity contribution in [3.05, 3.63) is 0 Å². The first-order chi connectivity index (χ1) is 9.46. The molecule has 0 heterocycles. The highest BCUT2D eigenvalue weighted by molar-refractivity contribution is 7.86. The normalized spacial score (nSPS) is 13.0. The van der Waals surface area contributed by atoms with E-state index in [4.69, 9.17) is 0 Å². The topological polar surface area (TPSA) is 93.7 Å². The SMILES string of the molecule is O=S(=O)([O-])C(F)(F)CCCCCCCCCCC(F)(F)F.[NH4+]. The molecule has 0 aliphatic carbocycles. The smallest absolute Gasteiger partial charge is 0.389 e. The van der Waals surface area contributed by atoms with Gasteiger partial charge in [-0.15, -0.1) is 0 Å². The number of quaternary nitrogens is 1. The van der Waals surface area contributed by atoms with E-state index in [0.29, 0.717) is 38.5 Å². The third-order valence-corrected chi connectivity index (χ3v) is 3.98. The third kappa shape index (κ3) is 12.1. The minimum absolute atomic E-state index is 0. The lowest BCUT2D eigenvalue weighted by Gasteiger charge is -2.19. The van der Waals surface area contributed by atoms with Crippen LogP contribution in [0.5, 0.6) is 0 Å². The van der Waals surface area contributed by atoms with Gasteiger partial charge < -0.3 is 10.7 Å². The van der Waals surface area contributed by atoms with Crippen molar-refractivity contribution in [1.82, 2.24) is 6.15 Å². The zero-order chi connectivity index (χ0) is 16.6. The van der Waals surface area contributed by atoms with Crippen LogP contribution >= 0.6 is 0 Å². The second kappa shape index (κ2) is 10.3. The molecule has 0 saturated heterocycles. The van der Waals surface area contributed by atoms with Gasteiger partial charge in [-0.1, -0.05) is 38.5 Å². The number of alkyl halides is 5. The fourth-order valence-electron chi connectivity index (χ4n) is 1.84. The largest absolute Gasteiger partial charge is 0.743 e. The van der Waals surface area contributed by atoms with E-state index in [9.17, 15) is 34.9 Å². The van der Waals surface area contributed by atoms with Crippen molar-refractivity contribution in [2.45, 2.75) is 75.6 Å². The summed E-state index contributed by atoms with van der Waals surface area (Å²) < 4.78 is 91.6. The Labute approximate surface area is 127 Å². The molecular formula is C12H24F5NO3S. The lowest BCUT2D eigenvalue weighted by Crippen LogP contribution is -2.28. The molecule has 0 aromatic carbocycles. The molecule has 136 valence electrons. The molecule has 0 aliphatic heterocycles. The average molecular weight is 357 g/mol. The van der Waals surface area contributed by atoms with Crippen LogP contribution in [0.3, 0.4) is 0 Å². The summed E-state index contributed by atoms with van der Waals surface area (Å²) in [4.78, 5) is 0. The lowest BCUT2D eigenvalue weighted by molar-refractivity contribution is -0.135. The number of hydrogen-bond acceptors (Lipinski definition) is 3. The van der Waals surface area contributed by atoms with Crippen LogP contribution in [0, 0.1) is 0 Å². The molecule has 0 saturated carbocycles. The number of hydrogen-bond donors (Lipinski definition) is 1. The summed E-state index contributed by atoms with van der Waals surface area (Å²) in [5.74, 6) is 0. The zero-order valence-electron chi connectivity index (χ0n) is 12.6. The average Bonchev–Trinajstić information content (AvgIpc) is 2.28. The molecule has 0 aromatic rings. The summed E-state index contributed by atoms with van der Waals surface area (Å²) in [5, 5.41) is -4.22. The molecule has 10 heteroatoms. The first-order valence-electron chi connectivity index (χ1n) is 6.86. The molecule has 4 N–H and O–H groups in total. The summed E-state index contributed by atoms with van der Waals surface area (Å²) in [6.45, 7) is 0. The van der Waals surface area contributed by atoms with E-state index in [0.717, 1.165) is 0 Å². The first-order valence-corrected chi connectivity index (χ1v) is 8.26. The van der Waals surface area contributed by atoms with E-state index in [-0.39, 0.29) is 19.0 Å². The Morgan fingerprint density at radius 3 is 1.32 bits per heavy atom. The molecule has 0 spiro atoms. The number of unbranched alkanes of at least 4 members (excludes halogenated alkanes) is 7. The van der Waals surface area contributed by atoms with E-state index < -0.39 is 34.4 Å². The molecule has 0 radical (unpaired) electrons. The second-order valence-corrected chi connectivity index (χ2v) is 6.54. The molecule has 0 unspecified atom stereocenters. The Morgan fingerprint density at radius 1 is 0.682 bits per heavy atom. The van der Waals surface area contributed by atoms with E-state index in [1.165, 1.54) is 0 Å². The molecule has 0 amide bonds. The van der Waals surface area contributed by atoms with Gasteiger partial charge in [0, 0.05) is 12.8 Å². The number of halogens is 5. The maximum atomic E-state index is 12.7. The Bertz CT molecular complexity index is 385. The quantitative estimate of drug-likeness (QED) is 0.321. The van der Waals surface area contributed by atoms with Crippen molar-refractivity contribution in [1.29, 1.82) is 0 Å². The van der Waals surface area contributed by atoms with Gasteiger partial charge in [0.15, 0.2) is 10.1 Å². The van der Waals surface area contributed by atoms with Gasteiger partial charge in [-0.3, -0.25) is 0 Å². The molecule has 0 aliphatic rings. The van der Waals surface area contributed by atoms with Gasteiger partial charge >= 0.3 is 11.4 Å². The maximum Gasteiger partial charge on any atom is 0.389 e. The standard InChI is InChI=1S/C12H21F5O3S.H3N/c13-11(14,15)9-7-5-3-1-2-4-6-8-10-12(16,17)21(18,19)20;/h1-10H2,(H,18,19,20);1H3. The summed E-state index contributed by atoms with van der Waals surface area (Å²) in [5.41, 5.74) is 0. The van der Waals surface area contributed by atoms with Crippen LogP contribution in [-0.4, -0.2) is 24.4 Å². The van der Waals surface area contributed by atoms with E-state index >= 15 is 0 Å². The van der Waals surface area contributed by atoms with Crippen molar-refractivity contribution < 1.29 is 34.9 Å². The number of rotatable bonds is 11. The van der Waals surface area contributed by atoms with Crippen LogP contribution in [0.15, 0.2) is 0 Å². The molecule has 0 rings (SSSR count). The summed E-state index contributed by atoms with van der Waals surface area (Å²) in [7, 11) is -5.60. The van der Waals surface area contributed by atoms with Crippen LogP contribution in [0.2, 0.25) is 0 Å². The summed E-state index contributed by atoms with van der Waals surface area (Å²) in [6, 6.07) is 0. The van der Waals surface area contributed by atoms with Crippen LogP contribution in [0.25, 0.3) is 0 Å². The minimum Gasteiger partial charge on any atom is -0.743 e. The molecule has 4 nitrogen and oxygen atoms in total. The fourth-order valence-corrected chi connectivity index (χ4v) is 2.24. The van der Waals surface area contributed by atoms with Crippen LogP contribution in [0.4, 0.5) is 22.0 Å². The van der Waals surface area contributed by atoms with Gasteiger partial charge in [0.2, 0.25) is 0 Å². The van der Waals surface area contributed by atoms with Gasteiger partial charge in [0.25, 0.3) is 0 Å². The van der Waals surface area contributed by atoms with E-state index in [1.54, 1.807) is 0 Å². The second-order valence-electron chi connectivity index (χ2n) is 5.04. The lowest BCUT2D eigenvalue weighted by atomic mass is 10.1. The minimum atomic E-state index is -5.60. The Balaban J connectivity index is 0.